The second kappa shape index (κ2) is 7.24. The van der Waals surface area contributed by atoms with Crippen molar-refractivity contribution in [3.05, 3.63) is 12.2 Å². The van der Waals surface area contributed by atoms with E-state index in [4.69, 9.17) is 0 Å². The van der Waals surface area contributed by atoms with Crippen molar-refractivity contribution in [3.8, 4) is 0 Å². The number of nitrogens with zero attached hydrogens (tertiary/aromatic N) is 1. The van der Waals surface area contributed by atoms with Gasteiger partial charge in [-0.1, -0.05) is 38.2 Å². The van der Waals surface area contributed by atoms with Gasteiger partial charge in [-0.15, -0.1) is 0 Å². The van der Waals surface area contributed by atoms with Gasteiger partial charge in [0.2, 0.25) is 0 Å². The third-order valence-corrected chi connectivity index (χ3v) is 5.89. The quantitative estimate of drug-likeness (QED) is 0.461. The van der Waals surface area contributed by atoms with Crippen molar-refractivity contribution < 1.29 is 0 Å². The van der Waals surface area contributed by atoms with Gasteiger partial charge in [-0.05, 0) is 39.5 Å². The maximum absolute atomic E-state index is 2.50. The van der Waals surface area contributed by atoms with Crippen molar-refractivity contribution in [1.82, 2.24) is 4.90 Å². The Hall–Kier alpha value is -0.0831. The second-order valence-electron chi connectivity index (χ2n) is 4.94. The minimum atomic E-state index is -0.917. The molecule has 1 nitrogen and oxygen atoms in total. The predicted octanol–water partition coefficient (Wildman–Crippen LogP) is 3.61. The van der Waals surface area contributed by atoms with Gasteiger partial charge >= 0.3 is 0 Å². The van der Waals surface area contributed by atoms with E-state index < -0.39 is 8.07 Å². The van der Waals surface area contributed by atoms with E-state index in [1.54, 1.807) is 0 Å². The molecule has 0 bridgehead atoms. The van der Waals surface area contributed by atoms with Gasteiger partial charge in [0.1, 0.15) is 0 Å². The van der Waals surface area contributed by atoms with Crippen LogP contribution >= 0.6 is 0 Å². The first-order valence-corrected chi connectivity index (χ1v) is 9.23. The Balaban J connectivity index is 3.64. The zero-order valence-electron chi connectivity index (χ0n) is 10.6. The fourth-order valence-corrected chi connectivity index (χ4v) is 3.72. The molecule has 0 atom stereocenters. The van der Waals surface area contributed by atoms with Crippen LogP contribution in [0.4, 0.5) is 0 Å². The molecule has 2 heteroatoms. The summed E-state index contributed by atoms with van der Waals surface area (Å²) in [7, 11) is 1.29. The third-order valence-electron chi connectivity index (χ3n) is 2.84. The Morgan fingerprint density at radius 2 is 1.93 bits per heavy atom. The van der Waals surface area contributed by atoms with Crippen LogP contribution < -0.4 is 0 Å². The fourth-order valence-electron chi connectivity index (χ4n) is 1.52. The SMILES string of the molecule is C/C=C/C[Si](C)(C)CCCN(C)CC. The normalized spacial score (nSPS) is 13.0. The first-order valence-electron chi connectivity index (χ1n) is 5.81. The van der Waals surface area contributed by atoms with Gasteiger partial charge in [0.05, 0.1) is 8.07 Å². The van der Waals surface area contributed by atoms with Gasteiger partial charge in [-0.3, -0.25) is 0 Å². The minimum absolute atomic E-state index is 0.917. The van der Waals surface area contributed by atoms with Gasteiger partial charge in [0.15, 0.2) is 0 Å². The van der Waals surface area contributed by atoms with E-state index in [0.29, 0.717) is 0 Å². The van der Waals surface area contributed by atoms with Crippen LogP contribution in [-0.4, -0.2) is 33.1 Å². The van der Waals surface area contributed by atoms with Gasteiger partial charge < -0.3 is 4.90 Å². The Morgan fingerprint density at radius 1 is 1.29 bits per heavy atom. The lowest BCUT2D eigenvalue weighted by Crippen LogP contribution is -2.27. The van der Waals surface area contributed by atoms with Gasteiger partial charge in [-0.2, -0.15) is 0 Å². The highest BCUT2D eigenvalue weighted by Crippen LogP contribution is 2.18. The van der Waals surface area contributed by atoms with E-state index in [9.17, 15) is 0 Å². The molecule has 0 radical (unpaired) electrons. The molecule has 0 amide bonds. The predicted molar refractivity (Wildman–Crippen MR) is 69.7 cm³/mol. The molecule has 0 fully saturated rings. The first-order chi connectivity index (χ1) is 6.52. The maximum Gasteiger partial charge on any atom is 0.0511 e. The Bertz CT molecular complexity index is 164. The smallest absolute Gasteiger partial charge is 0.0511 e. The molecule has 0 aliphatic heterocycles. The summed E-state index contributed by atoms with van der Waals surface area (Å²) in [5.41, 5.74) is 0. The monoisotopic (exact) mass is 213 g/mol. The Kier molecular flexibility index (Phi) is 7.20. The summed E-state index contributed by atoms with van der Waals surface area (Å²) in [4.78, 5) is 2.40. The molecule has 0 aromatic rings. The lowest BCUT2D eigenvalue weighted by Gasteiger charge is -2.22. The highest BCUT2D eigenvalue weighted by atomic mass is 28.3. The van der Waals surface area contributed by atoms with Crippen LogP contribution in [0, 0.1) is 0 Å². The average Bonchev–Trinajstić information content (AvgIpc) is 2.14. The van der Waals surface area contributed by atoms with Crippen molar-refractivity contribution in [3.63, 3.8) is 0 Å². The van der Waals surface area contributed by atoms with E-state index in [0.717, 1.165) is 0 Å². The van der Waals surface area contributed by atoms with Crippen molar-refractivity contribution in [2.24, 2.45) is 0 Å². The standard InChI is InChI=1S/C12H27NSi/c1-6-8-11-14(4,5)12-9-10-13(3)7-2/h6,8H,7,9-12H2,1-5H3/b8-6+. The molecule has 0 saturated carbocycles. The summed E-state index contributed by atoms with van der Waals surface area (Å²) in [5, 5.41) is 0. The third kappa shape index (κ3) is 7.33. The zero-order chi connectivity index (χ0) is 11.0. The number of hydrogen-bond donors (Lipinski definition) is 0. The van der Waals surface area contributed by atoms with Crippen LogP contribution in [0.25, 0.3) is 0 Å². The lowest BCUT2D eigenvalue weighted by atomic mass is 10.4. The number of hydrogen-bond acceptors (Lipinski definition) is 1. The van der Waals surface area contributed by atoms with Crippen LogP contribution in [0.2, 0.25) is 25.2 Å². The van der Waals surface area contributed by atoms with Gasteiger partial charge in [0, 0.05) is 0 Å². The van der Waals surface area contributed by atoms with Crippen molar-refractivity contribution in [2.75, 3.05) is 20.1 Å². The maximum atomic E-state index is 2.50. The van der Waals surface area contributed by atoms with Crippen LogP contribution in [0.5, 0.6) is 0 Å². The summed E-state index contributed by atoms with van der Waals surface area (Å²) in [6.07, 6.45) is 5.91. The van der Waals surface area contributed by atoms with Gasteiger partial charge in [0.25, 0.3) is 0 Å². The largest absolute Gasteiger partial charge is 0.307 e. The highest BCUT2D eigenvalue weighted by molar-refractivity contribution is 6.77. The van der Waals surface area contributed by atoms with E-state index in [1.807, 2.05) is 0 Å². The van der Waals surface area contributed by atoms with Gasteiger partial charge in [-0.25, -0.2) is 0 Å². The molecule has 0 aliphatic rings. The number of rotatable bonds is 7. The van der Waals surface area contributed by atoms with E-state index in [1.165, 1.54) is 31.6 Å². The van der Waals surface area contributed by atoms with Crippen LogP contribution in [-0.2, 0) is 0 Å². The van der Waals surface area contributed by atoms with Crippen LogP contribution in [0.1, 0.15) is 20.3 Å². The van der Waals surface area contributed by atoms with Crippen LogP contribution in [0.15, 0.2) is 12.2 Å². The molecule has 84 valence electrons. The fraction of sp³-hybridized carbons (Fsp3) is 0.833. The molecule has 14 heavy (non-hydrogen) atoms. The molecule has 0 N–H and O–H groups in total. The minimum Gasteiger partial charge on any atom is -0.307 e. The highest BCUT2D eigenvalue weighted by Gasteiger charge is 2.17. The molecular formula is C12H27NSi. The summed E-state index contributed by atoms with van der Waals surface area (Å²) >= 11 is 0. The van der Waals surface area contributed by atoms with E-state index >= 15 is 0 Å². The van der Waals surface area contributed by atoms with E-state index in [-0.39, 0.29) is 0 Å². The Labute approximate surface area is 91.2 Å². The summed E-state index contributed by atoms with van der Waals surface area (Å²) in [6, 6.07) is 2.81. The van der Waals surface area contributed by atoms with Crippen molar-refractivity contribution in [1.29, 1.82) is 0 Å². The molecule has 0 saturated heterocycles. The van der Waals surface area contributed by atoms with E-state index in [2.05, 4.69) is 51.0 Å². The molecule has 0 heterocycles. The summed E-state index contributed by atoms with van der Waals surface area (Å²) in [6.45, 7) is 11.8. The molecule has 0 aromatic carbocycles. The molecule has 0 rings (SSSR count). The second-order valence-corrected chi connectivity index (χ2v) is 10.2. The lowest BCUT2D eigenvalue weighted by molar-refractivity contribution is 0.353. The molecule has 0 aromatic heterocycles. The first kappa shape index (κ1) is 13.9. The molecule has 0 spiro atoms. The van der Waals surface area contributed by atoms with Crippen molar-refractivity contribution >= 4 is 8.07 Å². The Morgan fingerprint density at radius 3 is 2.43 bits per heavy atom. The molecule has 0 unspecified atom stereocenters. The topological polar surface area (TPSA) is 3.24 Å². The average molecular weight is 213 g/mol. The van der Waals surface area contributed by atoms with Crippen molar-refractivity contribution in [2.45, 2.75) is 45.5 Å². The number of allylic oxidation sites excluding steroid dienone is 2. The zero-order valence-corrected chi connectivity index (χ0v) is 11.6. The molecule has 0 aliphatic carbocycles. The molecular weight excluding hydrogens is 186 g/mol. The summed E-state index contributed by atoms with van der Waals surface area (Å²) in [5.74, 6) is 0. The van der Waals surface area contributed by atoms with Crippen LogP contribution in [0.3, 0.4) is 0 Å². The summed E-state index contributed by atoms with van der Waals surface area (Å²) < 4.78 is 0.